The van der Waals surface area contributed by atoms with Crippen LogP contribution >= 0.6 is 0 Å². The van der Waals surface area contributed by atoms with Crippen LogP contribution in [0.4, 0.5) is 0 Å². The number of hydrogen-bond donors (Lipinski definition) is 3. The summed E-state index contributed by atoms with van der Waals surface area (Å²) in [6.07, 6.45) is 0. The standard InChI is InChI=1S/C45H42N8O2/c1-43(2,3)23-17-19-25-29(21-23)39-47-34(25)46-36-26-12-10-14-30(44(4,5)6)32(26)40(51-36)50-35-24-18-16-22(42(54)55)20-28(24)38(48-35)49-37-27-13-11-15-31(45(7,8)9)33(27)41(52-37)53-39/h10-21H,1-9H3,(H,54,55)(H2,46,47,48,49,50,51,52,53). The minimum atomic E-state index is -1.04. The molecule has 0 fully saturated rings. The molecule has 3 aromatic heterocycles. The third kappa shape index (κ3) is 5.58. The lowest BCUT2D eigenvalue weighted by atomic mass is 9.84. The number of rotatable bonds is 1. The molecule has 9 rings (SSSR count). The van der Waals surface area contributed by atoms with Gasteiger partial charge in [0.2, 0.25) is 0 Å². The first-order valence-electron chi connectivity index (χ1n) is 18.6. The first kappa shape index (κ1) is 34.5. The molecule has 8 bridgehead atoms. The molecule has 0 unspecified atom stereocenters. The van der Waals surface area contributed by atoms with E-state index in [1.165, 1.54) is 0 Å². The van der Waals surface area contributed by atoms with Gasteiger partial charge < -0.3 is 15.1 Å². The lowest BCUT2D eigenvalue weighted by molar-refractivity contribution is 0.0697. The zero-order valence-electron chi connectivity index (χ0n) is 32.5. The van der Waals surface area contributed by atoms with E-state index in [1.807, 2.05) is 12.1 Å². The number of benzene rings is 4. The molecule has 0 atom stereocenters. The van der Waals surface area contributed by atoms with Crippen molar-refractivity contribution in [2.45, 2.75) is 78.6 Å². The molecule has 0 spiro atoms. The number of carboxylic acids is 1. The predicted octanol–water partition coefficient (Wildman–Crippen LogP) is 10.5. The molecule has 0 aliphatic carbocycles. The number of carboxylic acid groups (broad SMARTS) is 1. The lowest BCUT2D eigenvalue weighted by Crippen LogP contribution is -2.11. The van der Waals surface area contributed by atoms with Gasteiger partial charge in [0.25, 0.3) is 0 Å². The number of fused-ring (bicyclic) bond motifs is 20. The van der Waals surface area contributed by atoms with E-state index in [9.17, 15) is 9.90 Å². The molecule has 7 aromatic rings. The summed E-state index contributed by atoms with van der Waals surface area (Å²) in [6, 6.07) is 23.8. The number of aromatic amines is 2. The summed E-state index contributed by atoms with van der Waals surface area (Å²) in [5.41, 5.74) is 8.37. The fourth-order valence-corrected chi connectivity index (χ4v) is 7.74. The van der Waals surface area contributed by atoms with Crippen molar-refractivity contribution >= 4 is 50.1 Å². The monoisotopic (exact) mass is 726 g/mol. The Morgan fingerprint density at radius 1 is 0.491 bits per heavy atom. The molecule has 5 heterocycles. The van der Waals surface area contributed by atoms with Gasteiger partial charge in [-0.3, -0.25) is 0 Å². The van der Waals surface area contributed by atoms with Crippen molar-refractivity contribution in [1.29, 1.82) is 0 Å². The van der Waals surface area contributed by atoms with Crippen molar-refractivity contribution in [2.75, 3.05) is 0 Å². The molecule has 3 N–H and O–H groups in total. The van der Waals surface area contributed by atoms with E-state index in [4.69, 9.17) is 29.9 Å². The summed E-state index contributed by atoms with van der Waals surface area (Å²) in [6.45, 7) is 19.7. The molecule has 55 heavy (non-hydrogen) atoms. The lowest BCUT2D eigenvalue weighted by Gasteiger charge is -2.20. The Hall–Kier alpha value is -6.29. The SMILES string of the molecule is CC(C)(C)c1ccc2c(c1)-c1nc-2nc2[nH]c(nc3nc(nc4[nH]c(n1)c1c(C(C)(C)C)cccc41)-c1cc(C(=O)O)ccc1-3)c1c(C(C)(C)C)cccc21. The van der Waals surface area contributed by atoms with Crippen LogP contribution in [0.1, 0.15) is 89.4 Å². The maximum atomic E-state index is 12.2. The number of nitrogens with one attached hydrogen (secondary N) is 2. The van der Waals surface area contributed by atoms with Crippen LogP contribution in [0.25, 0.3) is 89.7 Å². The maximum absolute atomic E-state index is 12.2. The Labute approximate surface area is 318 Å². The molecule has 10 heteroatoms. The highest BCUT2D eigenvalue weighted by Gasteiger charge is 2.28. The largest absolute Gasteiger partial charge is 0.478 e. The number of hydrogen-bond acceptors (Lipinski definition) is 7. The minimum Gasteiger partial charge on any atom is -0.478 e. The molecular weight excluding hydrogens is 685 g/mol. The fraction of sp³-hybridized carbons (Fsp3) is 0.267. The van der Waals surface area contributed by atoms with Crippen LogP contribution in [0.3, 0.4) is 0 Å². The van der Waals surface area contributed by atoms with Crippen molar-refractivity contribution < 1.29 is 9.90 Å². The number of nitrogens with zero attached hydrogens (tertiary/aromatic N) is 6. The van der Waals surface area contributed by atoms with Crippen LogP contribution in [0, 0.1) is 0 Å². The zero-order chi connectivity index (χ0) is 38.8. The van der Waals surface area contributed by atoms with Crippen LogP contribution in [0.15, 0.2) is 72.8 Å². The molecular formula is C45H42N8O2. The van der Waals surface area contributed by atoms with Crippen LogP contribution in [0.5, 0.6) is 0 Å². The van der Waals surface area contributed by atoms with Gasteiger partial charge in [-0.1, -0.05) is 111 Å². The molecule has 0 saturated carbocycles. The predicted molar refractivity (Wildman–Crippen MR) is 219 cm³/mol. The number of aromatic carboxylic acids is 1. The topological polar surface area (TPSA) is 146 Å². The van der Waals surface area contributed by atoms with Gasteiger partial charge in [-0.2, -0.15) is 0 Å². The highest BCUT2D eigenvalue weighted by molar-refractivity contribution is 6.09. The van der Waals surface area contributed by atoms with E-state index < -0.39 is 5.97 Å². The van der Waals surface area contributed by atoms with E-state index in [0.29, 0.717) is 57.0 Å². The molecule has 0 radical (unpaired) electrons. The average molecular weight is 727 g/mol. The molecule has 2 aliphatic rings. The van der Waals surface area contributed by atoms with Crippen molar-refractivity contribution in [2.24, 2.45) is 0 Å². The molecule has 0 saturated heterocycles. The maximum Gasteiger partial charge on any atom is 0.335 e. The smallest absolute Gasteiger partial charge is 0.335 e. The van der Waals surface area contributed by atoms with Crippen LogP contribution in [-0.2, 0) is 16.2 Å². The minimum absolute atomic E-state index is 0.107. The Kier molecular flexibility index (Phi) is 7.27. The third-order valence-electron chi connectivity index (χ3n) is 10.6. The highest BCUT2D eigenvalue weighted by Crippen LogP contribution is 2.41. The molecule has 4 aromatic carbocycles. The van der Waals surface area contributed by atoms with Gasteiger partial charge in [-0.15, -0.1) is 0 Å². The summed E-state index contributed by atoms with van der Waals surface area (Å²) in [4.78, 5) is 50.4. The number of carbonyl (C=O) groups is 1. The first-order valence-corrected chi connectivity index (χ1v) is 18.6. The quantitative estimate of drug-likeness (QED) is 0.151. The second-order valence-electron chi connectivity index (χ2n) is 17.6. The van der Waals surface area contributed by atoms with Gasteiger partial charge in [0.15, 0.2) is 23.3 Å². The van der Waals surface area contributed by atoms with Gasteiger partial charge in [-0.25, -0.2) is 34.7 Å². The van der Waals surface area contributed by atoms with Gasteiger partial charge in [0.1, 0.15) is 22.6 Å². The normalized spacial score (nSPS) is 13.0. The van der Waals surface area contributed by atoms with Gasteiger partial charge >= 0.3 is 5.97 Å². The van der Waals surface area contributed by atoms with Crippen LogP contribution in [-0.4, -0.2) is 50.9 Å². The highest BCUT2D eigenvalue weighted by atomic mass is 16.4. The van der Waals surface area contributed by atoms with Crippen molar-refractivity contribution in [3.05, 3.63) is 95.1 Å². The van der Waals surface area contributed by atoms with Crippen molar-refractivity contribution in [3.63, 3.8) is 0 Å². The molecule has 274 valence electrons. The molecule has 2 aliphatic heterocycles. The summed E-state index contributed by atoms with van der Waals surface area (Å²) < 4.78 is 0. The summed E-state index contributed by atoms with van der Waals surface area (Å²) in [5, 5.41) is 13.6. The van der Waals surface area contributed by atoms with E-state index >= 15 is 0 Å². The third-order valence-corrected chi connectivity index (χ3v) is 10.6. The Morgan fingerprint density at radius 3 is 1.38 bits per heavy atom. The van der Waals surface area contributed by atoms with Gasteiger partial charge in [0.05, 0.1) is 5.56 Å². The van der Waals surface area contributed by atoms with E-state index in [0.717, 1.165) is 49.4 Å². The Bertz CT molecular complexity index is 2970. The fourth-order valence-electron chi connectivity index (χ4n) is 7.74. The van der Waals surface area contributed by atoms with Crippen molar-refractivity contribution in [1.82, 2.24) is 39.9 Å². The average Bonchev–Trinajstić information content (AvgIpc) is 3.85. The van der Waals surface area contributed by atoms with E-state index in [1.54, 1.807) is 18.2 Å². The Morgan fingerprint density at radius 2 is 0.927 bits per heavy atom. The second kappa shape index (κ2) is 11.6. The van der Waals surface area contributed by atoms with Gasteiger partial charge in [-0.05, 0) is 57.2 Å². The number of H-pyrrole nitrogens is 2. The summed E-state index contributed by atoms with van der Waals surface area (Å²) in [7, 11) is 0. The zero-order valence-corrected chi connectivity index (χ0v) is 32.5. The van der Waals surface area contributed by atoms with E-state index in [2.05, 4.69) is 115 Å². The summed E-state index contributed by atoms with van der Waals surface area (Å²) >= 11 is 0. The van der Waals surface area contributed by atoms with E-state index in [-0.39, 0.29) is 21.8 Å². The second-order valence-corrected chi connectivity index (χ2v) is 17.6. The van der Waals surface area contributed by atoms with Crippen LogP contribution in [0.2, 0.25) is 0 Å². The molecule has 0 amide bonds. The first-order chi connectivity index (χ1) is 26.0. The van der Waals surface area contributed by atoms with Crippen molar-refractivity contribution in [3.8, 4) is 45.6 Å². The van der Waals surface area contributed by atoms with Gasteiger partial charge in [0, 0.05) is 43.8 Å². The molecule has 10 nitrogen and oxygen atoms in total. The van der Waals surface area contributed by atoms with Crippen LogP contribution < -0.4 is 0 Å². The Balaban J connectivity index is 1.51. The number of aromatic nitrogens is 8. The summed E-state index contributed by atoms with van der Waals surface area (Å²) in [5.74, 6) is 0.833.